The molecule has 2 unspecified atom stereocenters. The van der Waals surface area contributed by atoms with Gasteiger partial charge in [0, 0.05) is 28.9 Å². The van der Waals surface area contributed by atoms with E-state index in [0.29, 0.717) is 16.9 Å². The summed E-state index contributed by atoms with van der Waals surface area (Å²) in [6.07, 6.45) is -3.40. The smallest absolute Gasteiger partial charge is 0.353 e. The number of hydrogen-bond donors (Lipinski definition) is 2. The number of aromatic nitrogens is 1. The van der Waals surface area contributed by atoms with Crippen molar-refractivity contribution in [3.05, 3.63) is 50.4 Å². The summed E-state index contributed by atoms with van der Waals surface area (Å²) in [5.74, 6) is 0.983. The Hall–Kier alpha value is -1.61. The van der Waals surface area contributed by atoms with Gasteiger partial charge in [0.15, 0.2) is 11.7 Å². The van der Waals surface area contributed by atoms with E-state index in [2.05, 4.69) is 48.7 Å². The van der Waals surface area contributed by atoms with Gasteiger partial charge in [-0.25, -0.2) is 4.98 Å². The normalized spacial score (nSPS) is 20.4. The third-order valence-corrected chi connectivity index (χ3v) is 5.26. The predicted molar refractivity (Wildman–Crippen MR) is 95.7 cm³/mol. The summed E-state index contributed by atoms with van der Waals surface area (Å²) < 4.78 is 38.7. The summed E-state index contributed by atoms with van der Waals surface area (Å²) in [6, 6.07) is 8.47. The van der Waals surface area contributed by atoms with Crippen molar-refractivity contribution in [3.63, 3.8) is 0 Å². The topological polar surface area (TPSA) is 49.3 Å². The number of aliphatic imine (C=N–C) groups is 1. The maximum Gasteiger partial charge on any atom is 0.434 e. The van der Waals surface area contributed by atoms with Gasteiger partial charge in [0.2, 0.25) is 0 Å². The molecule has 0 amide bonds. The Morgan fingerprint density at radius 3 is 2.68 bits per heavy atom. The van der Waals surface area contributed by atoms with Gasteiger partial charge in [-0.15, -0.1) is 11.3 Å². The first-order valence-corrected chi connectivity index (χ1v) is 9.28. The Labute approximate surface area is 155 Å². The van der Waals surface area contributed by atoms with E-state index in [4.69, 9.17) is 0 Å². The van der Waals surface area contributed by atoms with Crippen molar-refractivity contribution in [2.24, 2.45) is 4.99 Å². The highest BCUT2D eigenvalue weighted by molar-refractivity contribution is 9.10. The Kier molecular flexibility index (Phi) is 5.33. The number of alkyl halides is 3. The van der Waals surface area contributed by atoms with Crippen molar-refractivity contribution < 1.29 is 13.2 Å². The molecule has 0 aliphatic heterocycles. The molecule has 9 heteroatoms. The molecular formula is C16H16BrF3N4S. The van der Waals surface area contributed by atoms with Crippen molar-refractivity contribution in [2.75, 3.05) is 7.05 Å². The first kappa shape index (κ1) is 18.2. The standard InChI is InChI=1S/C16H16BrF3N4S/c1-21-15(22-7-14-24-13(8-25-14)16(18,19)20)23-12-6-11(12)9-2-4-10(17)5-3-9/h2-5,8,11-12H,6-7H2,1H3,(H2,21,22,23). The Morgan fingerprint density at radius 1 is 1.36 bits per heavy atom. The number of nitrogens with zero attached hydrogens (tertiary/aromatic N) is 2. The number of halogens is 4. The second-order valence-corrected chi connectivity index (χ2v) is 7.55. The minimum absolute atomic E-state index is 0.204. The molecule has 2 aromatic rings. The fourth-order valence-corrected chi connectivity index (χ4v) is 3.49. The van der Waals surface area contributed by atoms with Crippen LogP contribution in [0.5, 0.6) is 0 Å². The molecule has 1 aliphatic carbocycles. The van der Waals surface area contributed by atoms with Crippen molar-refractivity contribution in [1.82, 2.24) is 15.6 Å². The third-order valence-electron chi connectivity index (χ3n) is 3.88. The highest BCUT2D eigenvalue weighted by atomic mass is 79.9. The van der Waals surface area contributed by atoms with Crippen LogP contribution in [0, 0.1) is 0 Å². The predicted octanol–water partition coefficient (Wildman–Crippen LogP) is 4.15. The van der Waals surface area contributed by atoms with E-state index in [0.717, 1.165) is 27.6 Å². The van der Waals surface area contributed by atoms with Crippen LogP contribution in [0.4, 0.5) is 13.2 Å². The zero-order valence-corrected chi connectivity index (χ0v) is 15.7. The molecule has 1 saturated carbocycles. The van der Waals surface area contributed by atoms with E-state index >= 15 is 0 Å². The van der Waals surface area contributed by atoms with Crippen LogP contribution in [0.15, 0.2) is 39.1 Å². The molecular weight excluding hydrogens is 417 g/mol. The molecule has 0 radical (unpaired) electrons. The highest BCUT2D eigenvalue weighted by Crippen LogP contribution is 2.41. The van der Waals surface area contributed by atoms with E-state index in [1.807, 2.05) is 12.1 Å². The fourth-order valence-electron chi connectivity index (χ4n) is 2.48. The first-order valence-electron chi connectivity index (χ1n) is 7.61. The molecule has 134 valence electrons. The minimum Gasteiger partial charge on any atom is -0.353 e. The number of hydrogen-bond acceptors (Lipinski definition) is 3. The monoisotopic (exact) mass is 432 g/mol. The molecule has 1 heterocycles. The Morgan fingerprint density at radius 2 is 2.08 bits per heavy atom. The van der Waals surface area contributed by atoms with Crippen LogP contribution in [-0.2, 0) is 12.7 Å². The van der Waals surface area contributed by atoms with E-state index < -0.39 is 11.9 Å². The molecule has 3 rings (SSSR count). The zero-order valence-electron chi connectivity index (χ0n) is 13.3. The van der Waals surface area contributed by atoms with Crippen LogP contribution in [0.1, 0.15) is 28.6 Å². The molecule has 1 fully saturated rings. The average Bonchev–Trinajstić information content (AvgIpc) is 3.15. The van der Waals surface area contributed by atoms with Crippen LogP contribution in [0.2, 0.25) is 0 Å². The van der Waals surface area contributed by atoms with Gasteiger partial charge in [0.05, 0.1) is 6.54 Å². The molecule has 25 heavy (non-hydrogen) atoms. The van der Waals surface area contributed by atoms with Gasteiger partial charge in [-0.05, 0) is 24.1 Å². The van der Waals surface area contributed by atoms with Crippen molar-refractivity contribution in [1.29, 1.82) is 0 Å². The molecule has 4 nitrogen and oxygen atoms in total. The summed E-state index contributed by atoms with van der Waals surface area (Å²) in [4.78, 5) is 7.72. The molecule has 1 aliphatic rings. The van der Waals surface area contributed by atoms with Crippen molar-refractivity contribution in [2.45, 2.75) is 31.1 Å². The van der Waals surface area contributed by atoms with Gasteiger partial charge in [-0.2, -0.15) is 13.2 Å². The number of guanidine groups is 1. The molecule has 0 bridgehead atoms. The Bertz CT molecular complexity index is 757. The van der Waals surface area contributed by atoms with Crippen molar-refractivity contribution in [3.8, 4) is 0 Å². The summed E-state index contributed by atoms with van der Waals surface area (Å²) in [5, 5.41) is 7.70. The van der Waals surface area contributed by atoms with Gasteiger partial charge in [-0.3, -0.25) is 4.99 Å². The first-order chi connectivity index (χ1) is 11.9. The molecule has 1 aromatic carbocycles. The van der Waals surface area contributed by atoms with Crippen LogP contribution < -0.4 is 10.6 Å². The fraction of sp³-hybridized carbons (Fsp3) is 0.375. The lowest BCUT2D eigenvalue weighted by Gasteiger charge is -2.11. The van der Waals surface area contributed by atoms with E-state index in [9.17, 15) is 13.2 Å². The molecule has 2 N–H and O–H groups in total. The number of rotatable bonds is 4. The second-order valence-electron chi connectivity index (χ2n) is 5.69. The SMILES string of the molecule is CN=C(NCc1nc(C(F)(F)F)cs1)NC1CC1c1ccc(Br)cc1. The summed E-state index contributed by atoms with van der Waals surface area (Å²) in [7, 11) is 1.63. The van der Waals surface area contributed by atoms with Crippen LogP contribution >= 0.6 is 27.3 Å². The molecule has 2 atom stereocenters. The minimum atomic E-state index is -4.40. The highest BCUT2D eigenvalue weighted by Gasteiger charge is 2.39. The largest absolute Gasteiger partial charge is 0.434 e. The second kappa shape index (κ2) is 7.33. The van der Waals surface area contributed by atoms with E-state index in [1.165, 1.54) is 5.56 Å². The Balaban J connectivity index is 1.51. The van der Waals surface area contributed by atoms with Gasteiger partial charge in [0.25, 0.3) is 0 Å². The lowest BCUT2D eigenvalue weighted by Crippen LogP contribution is -2.38. The lowest BCUT2D eigenvalue weighted by atomic mass is 10.1. The maximum absolute atomic E-state index is 12.6. The average molecular weight is 433 g/mol. The number of thiazole rings is 1. The van der Waals surface area contributed by atoms with Crippen LogP contribution in [0.3, 0.4) is 0 Å². The lowest BCUT2D eigenvalue weighted by molar-refractivity contribution is -0.140. The van der Waals surface area contributed by atoms with Crippen molar-refractivity contribution >= 4 is 33.2 Å². The van der Waals surface area contributed by atoms with Gasteiger partial charge < -0.3 is 10.6 Å². The number of benzene rings is 1. The quantitative estimate of drug-likeness (QED) is 0.563. The van der Waals surface area contributed by atoms with Crippen LogP contribution in [0.25, 0.3) is 0 Å². The third kappa shape index (κ3) is 4.72. The van der Waals surface area contributed by atoms with Gasteiger partial charge in [0.1, 0.15) is 5.01 Å². The van der Waals surface area contributed by atoms with Gasteiger partial charge >= 0.3 is 6.18 Å². The summed E-state index contributed by atoms with van der Waals surface area (Å²) in [6.45, 7) is 0.204. The summed E-state index contributed by atoms with van der Waals surface area (Å²) in [5.41, 5.74) is 0.403. The zero-order chi connectivity index (χ0) is 18.0. The van der Waals surface area contributed by atoms with E-state index in [1.54, 1.807) is 7.05 Å². The maximum atomic E-state index is 12.6. The van der Waals surface area contributed by atoms with Crippen LogP contribution in [-0.4, -0.2) is 24.0 Å². The summed E-state index contributed by atoms with van der Waals surface area (Å²) >= 11 is 4.40. The van der Waals surface area contributed by atoms with E-state index in [-0.39, 0.29) is 12.6 Å². The molecule has 1 aromatic heterocycles. The number of nitrogens with one attached hydrogen (secondary N) is 2. The molecule has 0 spiro atoms. The van der Waals surface area contributed by atoms with Gasteiger partial charge in [-0.1, -0.05) is 28.1 Å². The molecule has 0 saturated heterocycles.